The first kappa shape index (κ1) is 12.7. The molecule has 0 saturated heterocycles. The largest absolute Gasteiger partial charge is 0.397 e. The summed E-state index contributed by atoms with van der Waals surface area (Å²) in [7, 11) is 0. The highest BCUT2D eigenvalue weighted by molar-refractivity contribution is 5.99. The summed E-state index contributed by atoms with van der Waals surface area (Å²) < 4.78 is 1.64. The second-order valence-corrected chi connectivity index (χ2v) is 5.44. The Morgan fingerprint density at radius 1 is 1.14 bits per heavy atom. The number of hydrogen-bond donors (Lipinski definition) is 2. The van der Waals surface area contributed by atoms with Crippen molar-refractivity contribution in [3.8, 4) is 0 Å². The Kier molecular flexibility index (Phi) is 2.76. The monoisotopic (exact) mass is 289 g/mol. The molecule has 4 aromatic rings. The van der Waals surface area contributed by atoms with Gasteiger partial charge in [-0.3, -0.25) is 9.36 Å². The second kappa shape index (κ2) is 4.77. The van der Waals surface area contributed by atoms with Crippen LogP contribution >= 0.6 is 0 Å². The normalized spacial score (nSPS) is 11.3. The van der Waals surface area contributed by atoms with Crippen LogP contribution in [0.1, 0.15) is 10.4 Å². The molecule has 0 aliphatic rings. The number of nitrogen functional groups attached to an aromatic ring is 1. The van der Waals surface area contributed by atoms with E-state index in [4.69, 9.17) is 5.73 Å². The number of anilines is 1. The molecule has 0 radical (unpaired) electrons. The van der Waals surface area contributed by atoms with Gasteiger partial charge in [-0.1, -0.05) is 24.3 Å². The highest BCUT2D eigenvalue weighted by atomic mass is 16.2. The molecule has 108 valence electrons. The van der Waals surface area contributed by atoms with Gasteiger partial charge in [0.05, 0.1) is 17.6 Å². The van der Waals surface area contributed by atoms with Crippen LogP contribution < -0.4 is 5.73 Å². The molecule has 2 aromatic carbocycles. The summed E-state index contributed by atoms with van der Waals surface area (Å²) in [4.78, 5) is 15.8. The number of aromatic amines is 1. The number of aromatic nitrogens is 2. The Bertz CT molecular complexity index is 994. The topological polar surface area (TPSA) is 63.8 Å². The number of H-pyrrole nitrogens is 1. The standard InChI is InChI=1S/C18H15N3O/c19-15-11-21(17-4-2-1-3-14(15)17)18(22)10-12-5-6-16-13(9-12)7-8-20-16/h1-9,11,20H,10,19H2. The number of nitrogens with zero attached hydrogens (tertiary/aromatic N) is 1. The lowest BCUT2D eigenvalue weighted by atomic mass is 10.1. The van der Waals surface area contributed by atoms with E-state index in [0.717, 1.165) is 27.4 Å². The fraction of sp³-hybridized carbons (Fsp3) is 0.0556. The molecule has 0 aliphatic carbocycles. The Balaban J connectivity index is 1.71. The number of para-hydroxylation sites is 1. The van der Waals surface area contributed by atoms with E-state index in [2.05, 4.69) is 4.98 Å². The number of carbonyl (C=O) groups excluding carboxylic acids is 1. The maximum atomic E-state index is 12.6. The molecule has 0 saturated carbocycles. The molecule has 4 nitrogen and oxygen atoms in total. The maximum Gasteiger partial charge on any atom is 0.235 e. The fourth-order valence-electron chi connectivity index (χ4n) is 2.88. The van der Waals surface area contributed by atoms with E-state index < -0.39 is 0 Å². The van der Waals surface area contributed by atoms with Gasteiger partial charge in [-0.25, -0.2) is 0 Å². The highest BCUT2D eigenvalue weighted by Crippen LogP contribution is 2.23. The average Bonchev–Trinajstić information content (AvgIpc) is 3.12. The molecule has 0 aliphatic heterocycles. The zero-order valence-corrected chi connectivity index (χ0v) is 11.9. The third kappa shape index (κ3) is 1.97. The Hall–Kier alpha value is -3.01. The van der Waals surface area contributed by atoms with Crippen molar-refractivity contribution in [1.82, 2.24) is 9.55 Å². The Morgan fingerprint density at radius 2 is 2.00 bits per heavy atom. The molecule has 0 bridgehead atoms. The van der Waals surface area contributed by atoms with Crippen molar-refractivity contribution in [1.29, 1.82) is 0 Å². The van der Waals surface area contributed by atoms with E-state index >= 15 is 0 Å². The van der Waals surface area contributed by atoms with E-state index in [0.29, 0.717) is 12.1 Å². The summed E-state index contributed by atoms with van der Waals surface area (Å²) in [6.07, 6.45) is 3.96. The van der Waals surface area contributed by atoms with E-state index in [1.165, 1.54) is 0 Å². The molecule has 4 heteroatoms. The summed E-state index contributed by atoms with van der Waals surface area (Å²) in [6, 6.07) is 15.7. The van der Waals surface area contributed by atoms with Crippen LogP contribution in [0.4, 0.5) is 5.69 Å². The number of hydrogen-bond acceptors (Lipinski definition) is 2. The zero-order valence-electron chi connectivity index (χ0n) is 11.9. The first-order chi connectivity index (χ1) is 10.7. The van der Waals surface area contributed by atoms with Gasteiger partial charge >= 0.3 is 0 Å². The minimum atomic E-state index is 0.0165. The van der Waals surface area contributed by atoms with Crippen LogP contribution in [0.3, 0.4) is 0 Å². The van der Waals surface area contributed by atoms with Gasteiger partial charge in [0.2, 0.25) is 5.91 Å². The number of nitrogens with two attached hydrogens (primary N) is 1. The first-order valence-electron chi connectivity index (χ1n) is 7.17. The minimum Gasteiger partial charge on any atom is -0.397 e. The predicted octanol–water partition coefficient (Wildman–Crippen LogP) is 3.59. The van der Waals surface area contributed by atoms with Crippen LogP contribution in [-0.2, 0) is 6.42 Å². The molecule has 0 atom stereocenters. The van der Waals surface area contributed by atoms with Crippen LogP contribution in [0.5, 0.6) is 0 Å². The lowest BCUT2D eigenvalue weighted by molar-refractivity contribution is 0.0919. The number of benzene rings is 2. The van der Waals surface area contributed by atoms with Crippen LogP contribution in [-0.4, -0.2) is 15.5 Å². The van der Waals surface area contributed by atoms with Crippen molar-refractivity contribution in [3.05, 3.63) is 66.5 Å². The fourth-order valence-corrected chi connectivity index (χ4v) is 2.88. The number of rotatable bonds is 2. The number of fused-ring (bicyclic) bond motifs is 2. The van der Waals surface area contributed by atoms with Gasteiger partial charge in [0, 0.05) is 23.3 Å². The van der Waals surface area contributed by atoms with Gasteiger partial charge in [-0.2, -0.15) is 0 Å². The lowest BCUT2D eigenvalue weighted by Gasteiger charge is -2.04. The van der Waals surface area contributed by atoms with Gasteiger partial charge in [0.25, 0.3) is 0 Å². The van der Waals surface area contributed by atoms with Crippen LogP contribution in [0, 0.1) is 0 Å². The average molecular weight is 289 g/mol. The molecule has 3 N–H and O–H groups in total. The number of nitrogens with one attached hydrogen (secondary N) is 1. The summed E-state index contributed by atoms with van der Waals surface area (Å²) in [6.45, 7) is 0. The van der Waals surface area contributed by atoms with Gasteiger partial charge < -0.3 is 10.7 Å². The maximum absolute atomic E-state index is 12.6. The molecule has 2 aromatic heterocycles. The minimum absolute atomic E-state index is 0.0165. The quantitative estimate of drug-likeness (QED) is 0.592. The van der Waals surface area contributed by atoms with E-state index in [1.54, 1.807) is 10.8 Å². The van der Waals surface area contributed by atoms with E-state index in [-0.39, 0.29) is 5.91 Å². The van der Waals surface area contributed by atoms with Gasteiger partial charge in [-0.15, -0.1) is 0 Å². The van der Waals surface area contributed by atoms with Crippen molar-refractivity contribution in [3.63, 3.8) is 0 Å². The zero-order chi connectivity index (χ0) is 15.1. The third-order valence-electron chi connectivity index (χ3n) is 3.98. The smallest absolute Gasteiger partial charge is 0.235 e. The molecule has 22 heavy (non-hydrogen) atoms. The first-order valence-corrected chi connectivity index (χ1v) is 7.17. The van der Waals surface area contributed by atoms with Crippen molar-refractivity contribution in [2.75, 3.05) is 5.73 Å². The third-order valence-corrected chi connectivity index (χ3v) is 3.98. The molecule has 2 heterocycles. The lowest BCUT2D eigenvalue weighted by Crippen LogP contribution is -2.12. The highest BCUT2D eigenvalue weighted by Gasteiger charge is 2.12. The van der Waals surface area contributed by atoms with Crippen LogP contribution in [0.25, 0.3) is 21.8 Å². The van der Waals surface area contributed by atoms with Gasteiger partial charge in [0.1, 0.15) is 0 Å². The van der Waals surface area contributed by atoms with Gasteiger partial charge in [0.15, 0.2) is 0 Å². The summed E-state index contributed by atoms with van der Waals surface area (Å²) >= 11 is 0. The summed E-state index contributed by atoms with van der Waals surface area (Å²) in [5, 5.41) is 2.03. The molecule has 0 unspecified atom stereocenters. The van der Waals surface area contributed by atoms with Gasteiger partial charge in [-0.05, 0) is 35.2 Å². The Labute approximate surface area is 127 Å². The van der Waals surface area contributed by atoms with Crippen LogP contribution in [0.2, 0.25) is 0 Å². The van der Waals surface area contributed by atoms with E-state index in [1.807, 2.05) is 54.7 Å². The van der Waals surface area contributed by atoms with Crippen molar-refractivity contribution in [2.24, 2.45) is 0 Å². The summed E-state index contributed by atoms with van der Waals surface area (Å²) in [5.41, 5.74) is 9.55. The number of carbonyl (C=O) groups is 1. The summed E-state index contributed by atoms with van der Waals surface area (Å²) in [5.74, 6) is 0.0165. The Morgan fingerprint density at radius 3 is 2.91 bits per heavy atom. The predicted molar refractivity (Wildman–Crippen MR) is 89.0 cm³/mol. The van der Waals surface area contributed by atoms with E-state index in [9.17, 15) is 4.79 Å². The molecule has 0 amide bonds. The molecule has 0 spiro atoms. The molecule has 0 fully saturated rings. The van der Waals surface area contributed by atoms with Crippen molar-refractivity contribution < 1.29 is 4.79 Å². The molecular weight excluding hydrogens is 274 g/mol. The molecule has 4 rings (SSSR count). The molecular formula is C18H15N3O. The SMILES string of the molecule is Nc1cn(C(=O)Cc2ccc3[nH]ccc3c2)c2ccccc12. The van der Waals surface area contributed by atoms with Crippen molar-refractivity contribution in [2.45, 2.75) is 6.42 Å². The second-order valence-electron chi connectivity index (χ2n) is 5.44. The van der Waals surface area contributed by atoms with Crippen LogP contribution in [0.15, 0.2) is 60.9 Å². The van der Waals surface area contributed by atoms with Crippen molar-refractivity contribution >= 4 is 33.4 Å².